The van der Waals surface area contributed by atoms with Gasteiger partial charge in [-0.05, 0) is 43.0 Å². The molecule has 27 heavy (non-hydrogen) atoms. The molecule has 2 heterocycles. The lowest BCUT2D eigenvalue weighted by molar-refractivity contribution is -0.116. The van der Waals surface area contributed by atoms with Gasteiger partial charge < -0.3 is 5.32 Å². The Labute approximate surface area is 164 Å². The third-order valence-electron chi connectivity index (χ3n) is 4.77. The first-order valence-corrected chi connectivity index (χ1v) is 10.5. The number of nitrogens with one attached hydrogen (secondary N) is 1. The Bertz CT molecular complexity index is 949. The molecule has 0 saturated carbocycles. The van der Waals surface area contributed by atoms with E-state index in [0.29, 0.717) is 6.42 Å². The van der Waals surface area contributed by atoms with E-state index in [1.807, 2.05) is 46.8 Å². The van der Waals surface area contributed by atoms with Crippen LogP contribution in [0, 0.1) is 6.92 Å². The van der Waals surface area contributed by atoms with E-state index < -0.39 is 0 Å². The largest absolute Gasteiger partial charge is 0.310 e. The molecule has 1 aliphatic heterocycles. The average Bonchev–Trinajstić information content (AvgIpc) is 3.25. The Balaban J connectivity index is 1.48. The fourth-order valence-corrected chi connectivity index (χ4v) is 4.42. The number of aromatic nitrogens is 2. The smallest absolute Gasteiger partial charge is 0.225 e. The van der Waals surface area contributed by atoms with Gasteiger partial charge in [0.15, 0.2) is 0 Å². The van der Waals surface area contributed by atoms with Gasteiger partial charge in [0.1, 0.15) is 5.82 Å². The number of carbonyl (C=O) groups is 1. The molecule has 1 aliphatic rings. The van der Waals surface area contributed by atoms with Crippen molar-refractivity contribution in [3.8, 4) is 5.69 Å². The molecule has 0 saturated heterocycles. The van der Waals surface area contributed by atoms with Gasteiger partial charge in [0.2, 0.25) is 5.91 Å². The van der Waals surface area contributed by atoms with Crippen LogP contribution < -0.4 is 5.32 Å². The molecular formula is C22H23N3OS. The highest BCUT2D eigenvalue weighted by Crippen LogP contribution is 2.36. The van der Waals surface area contributed by atoms with E-state index in [9.17, 15) is 4.79 Å². The Morgan fingerprint density at radius 2 is 2.00 bits per heavy atom. The van der Waals surface area contributed by atoms with Crippen molar-refractivity contribution >= 4 is 23.5 Å². The number of hydrogen-bond acceptors (Lipinski definition) is 3. The van der Waals surface area contributed by atoms with Gasteiger partial charge in [-0.15, -0.1) is 0 Å². The van der Waals surface area contributed by atoms with Gasteiger partial charge in [0, 0.05) is 23.5 Å². The van der Waals surface area contributed by atoms with Crippen LogP contribution in [-0.2, 0) is 22.7 Å². The van der Waals surface area contributed by atoms with Gasteiger partial charge in [-0.1, -0.05) is 42.5 Å². The molecule has 0 fully saturated rings. The number of amides is 1. The number of carbonyl (C=O) groups excluding carboxylic acids is 1. The monoisotopic (exact) mass is 377 g/mol. The summed E-state index contributed by atoms with van der Waals surface area (Å²) in [6, 6.07) is 18.5. The van der Waals surface area contributed by atoms with E-state index in [1.54, 1.807) is 0 Å². The topological polar surface area (TPSA) is 46.9 Å². The molecule has 4 rings (SSSR count). The van der Waals surface area contributed by atoms with Crippen molar-refractivity contribution in [1.82, 2.24) is 9.78 Å². The standard InChI is InChI=1S/C22H23N3OS/c1-16-7-5-11-18(13-16)25-22(19-14-27-15-20(19)24-25)23-21(26)12-6-10-17-8-3-2-4-9-17/h2-5,7-9,11,13H,6,10,12,14-15H2,1H3,(H,23,26). The summed E-state index contributed by atoms with van der Waals surface area (Å²) in [6.07, 6.45) is 2.26. The molecule has 0 radical (unpaired) electrons. The minimum Gasteiger partial charge on any atom is -0.310 e. The van der Waals surface area contributed by atoms with Crippen molar-refractivity contribution < 1.29 is 4.79 Å². The highest BCUT2D eigenvalue weighted by atomic mass is 32.2. The van der Waals surface area contributed by atoms with Crippen LogP contribution >= 0.6 is 11.8 Å². The van der Waals surface area contributed by atoms with E-state index in [4.69, 9.17) is 5.10 Å². The lowest BCUT2D eigenvalue weighted by atomic mass is 10.1. The maximum absolute atomic E-state index is 12.6. The number of hydrogen-bond donors (Lipinski definition) is 1. The predicted molar refractivity (Wildman–Crippen MR) is 111 cm³/mol. The second-order valence-electron chi connectivity index (χ2n) is 6.90. The molecule has 0 unspecified atom stereocenters. The highest BCUT2D eigenvalue weighted by molar-refractivity contribution is 7.98. The lowest BCUT2D eigenvalue weighted by Gasteiger charge is -2.11. The summed E-state index contributed by atoms with van der Waals surface area (Å²) in [7, 11) is 0. The Kier molecular flexibility index (Phi) is 5.30. The molecule has 0 atom stereocenters. The highest BCUT2D eigenvalue weighted by Gasteiger charge is 2.24. The van der Waals surface area contributed by atoms with Gasteiger partial charge in [0.25, 0.3) is 0 Å². The number of anilines is 1. The predicted octanol–water partition coefficient (Wildman–Crippen LogP) is 4.89. The van der Waals surface area contributed by atoms with Crippen LogP contribution in [0.3, 0.4) is 0 Å². The average molecular weight is 378 g/mol. The van der Waals surface area contributed by atoms with Crippen LogP contribution in [0.2, 0.25) is 0 Å². The molecule has 4 nitrogen and oxygen atoms in total. The fourth-order valence-electron chi connectivity index (χ4n) is 3.38. The Morgan fingerprint density at radius 1 is 1.15 bits per heavy atom. The summed E-state index contributed by atoms with van der Waals surface area (Å²) >= 11 is 1.85. The van der Waals surface area contributed by atoms with Crippen LogP contribution in [0.5, 0.6) is 0 Å². The summed E-state index contributed by atoms with van der Waals surface area (Å²) in [5, 5.41) is 7.91. The fraction of sp³-hybridized carbons (Fsp3) is 0.273. The first kappa shape index (κ1) is 17.9. The molecular weight excluding hydrogens is 354 g/mol. The quantitative estimate of drug-likeness (QED) is 0.665. The first-order valence-electron chi connectivity index (χ1n) is 9.30. The molecule has 138 valence electrons. The molecule has 3 aromatic rings. The first-order chi connectivity index (χ1) is 13.2. The molecule has 0 spiro atoms. The molecule has 0 aliphatic carbocycles. The second kappa shape index (κ2) is 8.01. The van der Waals surface area contributed by atoms with Gasteiger partial charge in [-0.2, -0.15) is 16.9 Å². The zero-order chi connectivity index (χ0) is 18.6. The van der Waals surface area contributed by atoms with E-state index in [1.165, 1.54) is 11.1 Å². The second-order valence-corrected chi connectivity index (χ2v) is 7.89. The molecule has 1 N–H and O–H groups in total. The summed E-state index contributed by atoms with van der Waals surface area (Å²) < 4.78 is 1.90. The van der Waals surface area contributed by atoms with E-state index in [0.717, 1.165) is 47.1 Å². The third-order valence-corrected chi connectivity index (χ3v) is 5.74. The third kappa shape index (κ3) is 4.08. The normalized spacial score (nSPS) is 12.8. The van der Waals surface area contributed by atoms with Gasteiger partial charge >= 0.3 is 0 Å². The lowest BCUT2D eigenvalue weighted by Crippen LogP contribution is -2.16. The van der Waals surface area contributed by atoms with Crippen LogP contribution in [0.25, 0.3) is 5.69 Å². The van der Waals surface area contributed by atoms with Crippen molar-refractivity contribution in [3.05, 3.63) is 77.0 Å². The zero-order valence-corrected chi connectivity index (χ0v) is 16.3. The number of rotatable bonds is 6. The van der Waals surface area contributed by atoms with Crippen molar-refractivity contribution in [1.29, 1.82) is 0 Å². The number of aryl methyl sites for hydroxylation is 2. The van der Waals surface area contributed by atoms with Crippen LogP contribution in [-0.4, -0.2) is 15.7 Å². The molecule has 5 heteroatoms. The molecule has 2 aromatic carbocycles. The van der Waals surface area contributed by atoms with E-state index in [2.05, 4.69) is 36.5 Å². The zero-order valence-electron chi connectivity index (χ0n) is 15.4. The van der Waals surface area contributed by atoms with Gasteiger partial charge in [0.05, 0.1) is 11.4 Å². The Hall–Kier alpha value is -2.53. The summed E-state index contributed by atoms with van der Waals surface area (Å²) in [4.78, 5) is 12.6. The number of benzene rings is 2. The van der Waals surface area contributed by atoms with Crippen LogP contribution in [0.1, 0.15) is 35.2 Å². The van der Waals surface area contributed by atoms with E-state index >= 15 is 0 Å². The SMILES string of the molecule is Cc1cccc(-n2nc3c(c2NC(=O)CCCc2ccccc2)CSC3)c1. The van der Waals surface area contributed by atoms with E-state index in [-0.39, 0.29) is 5.91 Å². The van der Waals surface area contributed by atoms with Gasteiger partial charge in [-0.3, -0.25) is 4.79 Å². The Morgan fingerprint density at radius 3 is 2.81 bits per heavy atom. The minimum atomic E-state index is 0.0550. The maximum atomic E-state index is 12.6. The molecule has 1 aromatic heterocycles. The van der Waals surface area contributed by atoms with Gasteiger partial charge in [-0.25, -0.2) is 4.68 Å². The summed E-state index contributed by atoms with van der Waals surface area (Å²) in [5.74, 6) is 2.70. The number of fused-ring (bicyclic) bond motifs is 1. The summed E-state index contributed by atoms with van der Waals surface area (Å²) in [5.41, 5.74) is 5.69. The molecule has 1 amide bonds. The van der Waals surface area contributed by atoms with Crippen LogP contribution in [0.15, 0.2) is 54.6 Å². The van der Waals surface area contributed by atoms with Crippen molar-refractivity contribution in [2.45, 2.75) is 37.7 Å². The minimum absolute atomic E-state index is 0.0550. The van der Waals surface area contributed by atoms with Crippen molar-refractivity contribution in [3.63, 3.8) is 0 Å². The molecule has 0 bridgehead atoms. The maximum Gasteiger partial charge on any atom is 0.225 e. The van der Waals surface area contributed by atoms with Crippen LogP contribution in [0.4, 0.5) is 5.82 Å². The van der Waals surface area contributed by atoms with Crippen molar-refractivity contribution in [2.75, 3.05) is 5.32 Å². The van der Waals surface area contributed by atoms with Crippen molar-refractivity contribution in [2.24, 2.45) is 0 Å². The summed E-state index contributed by atoms with van der Waals surface area (Å²) in [6.45, 7) is 2.07. The number of thioether (sulfide) groups is 1. The number of nitrogens with zero attached hydrogens (tertiary/aromatic N) is 2.